The molecule has 2 amide bonds. The fourth-order valence-electron chi connectivity index (χ4n) is 3.67. The molecule has 0 bridgehead atoms. The summed E-state index contributed by atoms with van der Waals surface area (Å²) in [5.41, 5.74) is 0.916. The number of carbonyl (C=O) groups is 3. The summed E-state index contributed by atoms with van der Waals surface area (Å²) < 4.78 is 13.2. The molecule has 0 radical (unpaired) electrons. The lowest BCUT2D eigenvalue weighted by atomic mass is 10.0. The van der Waals surface area contributed by atoms with E-state index in [1.54, 1.807) is 11.0 Å². The van der Waals surface area contributed by atoms with Crippen LogP contribution >= 0.6 is 0 Å². The number of amides is 2. The maximum absolute atomic E-state index is 13.2. The molecule has 1 saturated heterocycles. The Hall–Kier alpha value is -2.74. The van der Waals surface area contributed by atoms with Crippen LogP contribution in [0.3, 0.4) is 0 Å². The van der Waals surface area contributed by atoms with Crippen LogP contribution in [-0.2, 0) is 14.4 Å². The first-order valence-electron chi connectivity index (χ1n) is 9.67. The molecule has 0 unspecified atom stereocenters. The highest BCUT2D eigenvalue weighted by Gasteiger charge is 2.39. The zero-order valence-electron chi connectivity index (χ0n) is 16.1. The molecule has 1 saturated carbocycles. The summed E-state index contributed by atoms with van der Waals surface area (Å²) >= 11 is 0. The van der Waals surface area contributed by atoms with Gasteiger partial charge in [0.25, 0.3) is 6.47 Å². The number of rotatable bonds is 4. The van der Waals surface area contributed by atoms with Gasteiger partial charge in [-0.2, -0.15) is 0 Å². The first-order chi connectivity index (χ1) is 13.9. The van der Waals surface area contributed by atoms with Crippen LogP contribution in [0.15, 0.2) is 36.4 Å². The van der Waals surface area contributed by atoms with Gasteiger partial charge in [-0.15, -0.1) is 0 Å². The van der Waals surface area contributed by atoms with Crippen molar-refractivity contribution in [1.82, 2.24) is 10.2 Å². The smallest absolute Gasteiger partial charge is 0.290 e. The number of hydrogen-bond donors (Lipinski definition) is 3. The van der Waals surface area contributed by atoms with E-state index in [-0.39, 0.29) is 24.2 Å². The van der Waals surface area contributed by atoms with Crippen LogP contribution in [0.25, 0.3) is 6.08 Å². The van der Waals surface area contributed by atoms with E-state index in [0.717, 1.165) is 5.56 Å². The van der Waals surface area contributed by atoms with Crippen LogP contribution in [-0.4, -0.2) is 64.8 Å². The van der Waals surface area contributed by atoms with Gasteiger partial charge in [0.15, 0.2) is 0 Å². The van der Waals surface area contributed by atoms with Gasteiger partial charge in [0.2, 0.25) is 11.8 Å². The molecule has 1 aromatic carbocycles. The molecule has 7 nitrogen and oxygen atoms in total. The number of nitrogens with one attached hydrogen (secondary N) is 1. The van der Waals surface area contributed by atoms with E-state index in [9.17, 15) is 19.1 Å². The van der Waals surface area contributed by atoms with Gasteiger partial charge < -0.3 is 20.4 Å². The normalized spacial score (nSPS) is 24.6. The number of piperidine rings is 1. The van der Waals surface area contributed by atoms with Gasteiger partial charge in [-0.3, -0.25) is 14.4 Å². The number of halogens is 1. The van der Waals surface area contributed by atoms with E-state index >= 15 is 0 Å². The van der Waals surface area contributed by atoms with Crippen LogP contribution in [0.5, 0.6) is 0 Å². The molecule has 1 heterocycles. The van der Waals surface area contributed by atoms with Crippen molar-refractivity contribution in [2.24, 2.45) is 5.92 Å². The van der Waals surface area contributed by atoms with Crippen LogP contribution < -0.4 is 5.32 Å². The van der Waals surface area contributed by atoms with Crippen molar-refractivity contribution < 1.29 is 29.0 Å². The highest BCUT2D eigenvalue weighted by atomic mass is 19.1. The molecular weight excluding hydrogens is 379 g/mol. The summed E-state index contributed by atoms with van der Waals surface area (Å²) in [6.07, 6.45) is 3.09. The van der Waals surface area contributed by atoms with Crippen molar-refractivity contribution in [2.75, 3.05) is 13.1 Å². The summed E-state index contributed by atoms with van der Waals surface area (Å²) in [4.78, 5) is 34.7. The Balaban J connectivity index is 0.000000941. The summed E-state index contributed by atoms with van der Waals surface area (Å²) in [5.74, 6) is -0.638. The Kier molecular flexibility index (Phi) is 8.79. The quantitative estimate of drug-likeness (QED) is 0.520. The average molecular weight is 406 g/mol. The number of carbonyl (C=O) groups excluding carboxylic acids is 2. The maximum Gasteiger partial charge on any atom is 0.290 e. The van der Waals surface area contributed by atoms with E-state index in [1.165, 1.54) is 6.08 Å². The fourth-order valence-corrected chi connectivity index (χ4v) is 3.67. The van der Waals surface area contributed by atoms with Crippen molar-refractivity contribution in [3.05, 3.63) is 42.0 Å². The van der Waals surface area contributed by atoms with Crippen molar-refractivity contribution >= 4 is 24.4 Å². The minimum absolute atomic E-state index is 0.0347. The fraction of sp³-hybridized carbons (Fsp3) is 0.476. The molecule has 3 atom stereocenters. The molecule has 2 fully saturated rings. The van der Waals surface area contributed by atoms with E-state index in [2.05, 4.69) is 5.32 Å². The first kappa shape index (κ1) is 22.5. The van der Waals surface area contributed by atoms with Crippen LogP contribution in [0.4, 0.5) is 4.39 Å². The van der Waals surface area contributed by atoms with Crippen molar-refractivity contribution in [2.45, 2.75) is 44.0 Å². The van der Waals surface area contributed by atoms with Crippen LogP contribution in [0, 0.1) is 5.92 Å². The number of alkyl halides is 1. The molecule has 3 rings (SSSR count). The number of aliphatic hydroxyl groups excluding tert-OH is 1. The summed E-state index contributed by atoms with van der Waals surface area (Å²) in [5, 5.41) is 19.9. The van der Waals surface area contributed by atoms with Crippen molar-refractivity contribution in [1.29, 1.82) is 0 Å². The molecule has 29 heavy (non-hydrogen) atoms. The van der Waals surface area contributed by atoms with E-state index in [0.29, 0.717) is 38.8 Å². The largest absolute Gasteiger partial charge is 0.483 e. The lowest BCUT2D eigenvalue weighted by Crippen LogP contribution is -2.42. The van der Waals surface area contributed by atoms with Gasteiger partial charge in [-0.25, -0.2) is 4.39 Å². The Morgan fingerprint density at radius 1 is 1.14 bits per heavy atom. The molecule has 158 valence electrons. The third-order valence-electron chi connectivity index (χ3n) is 5.17. The number of carboxylic acid groups (broad SMARTS) is 1. The van der Waals surface area contributed by atoms with Gasteiger partial charge >= 0.3 is 0 Å². The zero-order valence-corrected chi connectivity index (χ0v) is 16.1. The lowest BCUT2D eigenvalue weighted by molar-refractivity contribution is -0.137. The minimum atomic E-state index is -0.823. The average Bonchev–Trinajstić information content (AvgIpc) is 3.08. The SMILES string of the molecule is O=C(/C=C/c1ccccc1)N[C@H]1C[C@H](C(=O)N2CCC(F)CC2)C[C@@H]1O.O=CO. The summed E-state index contributed by atoms with van der Waals surface area (Å²) in [6.45, 7) is 0.618. The Labute approximate surface area is 169 Å². The second kappa shape index (κ2) is 11.3. The molecule has 8 heteroatoms. The standard InChI is InChI=1S/C20H25FN2O3.CH2O2/c21-16-8-10-23(11-9-16)20(26)15-12-17(18(24)13-15)22-19(25)7-6-14-4-2-1-3-5-14;2-1-3/h1-7,15-18,24H,8-13H2,(H,22,25);1H,(H,2,3)/b7-6+;/t15-,17-,18-;/m0./s1. The molecule has 0 spiro atoms. The third-order valence-corrected chi connectivity index (χ3v) is 5.17. The number of benzene rings is 1. The van der Waals surface area contributed by atoms with E-state index in [4.69, 9.17) is 9.90 Å². The molecule has 0 aromatic heterocycles. The lowest BCUT2D eigenvalue weighted by Gasteiger charge is -2.30. The van der Waals surface area contributed by atoms with Gasteiger partial charge in [-0.05, 0) is 37.3 Å². The Bertz CT molecular complexity index is 704. The predicted molar refractivity (Wildman–Crippen MR) is 106 cm³/mol. The molecule has 1 aliphatic heterocycles. The molecule has 3 N–H and O–H groups in total. The highest BCUT2D eigenvalue weighted by molar-refractivity contribution is 5.92. The molecule has 1 aromatic rings. The minimum Gasteiger partial charge on any atom is -0.483 e. The third kappa shape index (κ3) is 6.98. The van der Waals surface area contributed by atoms with Gasteiger partial charge in [0.1, 0.15) is 6.17 Å². The Morgan fingerprint density at radius 2 is 1.76 bits per heavy atom. The highest BCUT2D eigenvalue weighted by Crippen LogP contribution is 2.29. The number of likely N-dealkylation sites (tertiary alicyclic amines) is 1. The van der Waals surface area contributed by atoms with Gasteiger partial charge in [-0.1, -0.05) is 30.3 Å². The molecule has 2 aliphatic rings. The molecular formula is C21H27FN2O5. The number of aliphatic hydroxyl groups is 1. The van der Waals surface area contributed by atoms with Crippen LogP contribution in [0.1, 0.15) is 31.2 Å². The molecule has 1 aliphatic carbocycles. The van der Waals surface area contributed by atoms with E-state index in [1.807, 2.05) is 30.3 Å². The number of hydrogen-bond acceptors (Lipinski definition) is 4. The van der Waals surface area contributed by atoms with Crippen molar-refractivity contribution in [3.8, 4) is 0 Å². The van der Waals surface area contributed by atoms with Crippen LogP contribution in [0.2, 0.25) is 0 Å². The number of nitrogens with zero attached hydrogens (tertiary/aromatic N) is 1. The monoisotopic (exact) mass is 406 g/mol. The van der Waals surface area contributed by atoms with Gasteiger partial charge in [0, 0.05) is 25.1 Å². The Morgan fingerprint density at radius 3 is 2.38 bits per heavy atom. The topological polar surface area (TPSA) is 107 Å². The van der Waals surface area contributed by atoms with Crippen molar-refractivity contribution in [3.63, 3.8) is 0 Å². The second-order valence-corrected chi connectivity index (χ2v) is 7.20. The first-order valence-corrected chi connectivity index (χ1v) is 9.67. The second-order valence-electron chi connectivity index (χ2n) is 7.20. The predicted octanol–water partition coefficient (Wildman–Crippen LogP) is 1.62. The summed E-state index contributed by atoms with van der Waals surface area (Å²) in [6, 6.07) is 9.03. The summed E-state index contributed by atoms with van der Waals surface area (Å²) in [7, 11) is 0. The van der Waals surface area contributed by atoms with E-state index < -0.39 is 18.3 Å². The maximum atomic E-state index is 13.2. The zero-order chi connectivity index (χ0) is 21.2. The van der Waals surface area contributed by atoms with Gasteiger partial charge in [0.05, 0.1) is 12.1 Å².